The zero-order chi connectivity index (χ0) is 20.0. The molecule has 5 rings (SSSR count). The summed E-state index contributed by atoms with van der Waals surface area (Å²) in [7, 11) is -3.23. The molecule has 3 heterocycles. The number of hydrogen-bond acceptors (Lipinski definition) is 4. The quantitative estimate of drug-likeness (QED) is 0.567. The van der Waals surface area contributed by atoms with Gasteiger partial charge in [0.05, 0.1) is 23.2 Å². The predicted octanol–water partition coefficient (Wildman–Crippen LogP) is 2.92. The number of para-hydroxylation sites is 1. The molecule has 1 aliphatic heterocycles. The van der Waals surface area contributed by atoms with Crippen LogP contribution in [0.2, 0.25) is 0 Å². The van der Waals surface area contributed by atoms with Crippen molar-refractivity contribution in [2.75, 3.05) is 16.6 Å². The third-order valence-corrected chi connectivity index (χ3v) is 7.06. The number of aromatic nitrogens is 3. The monoisotopic (exact) mass is 406 g/mol. The molecule has 1 fully saturated rings. The molecule has 0 spiro atoms. The van der Waals surface area contributed by atoms with Crippen molar-refractivity contribution in [3.63, 3.8) is 0 Å². The molecule has 4 aromatic rings. The van der Waals surface area contributed by atoms with Crippen LogP contribution >= 0.6 is 0 Å². The van der Waals surface area contributed by atoms with E-state index in [2.05, 4.69) is 9.97 Å². The Kier molecular flexibility index (Phi) is 4.02. The Morgan fingerprint density at radius 1 is 0.966 bits per heavy atom. The molecule has 0 bridgehead atoms. The first-order chi connectivity index (χ1) is 14.0. The maximum atomic E-state index is 12.6. The summed E-state index contributed by atoms with van der Waals surface area (Å²) in [5.41, 5.74) is 3.47. The summed E-state index contributed by atoms with van der Waals surface area (Å²) in [6.45, 7) is 0.499. The molecule has 0 amide bonds. The minimum absolute atomic E-state index is 0.181. The molecule has 1 aliphatic rings. The Balaban J connectivity index is 1.65. The molecule has 29 heavy (non-hydrogen) atoms. The SMILES string of the molecule is O=c1[nH]cnc2c1c(-c1ccc(N3CCCS3(=O)=O)cc1)cn2-c1ccccc1. The fraction of sp³-hybridized carbons (Fsp3) is 0.143. The van der Waals surface area contributed by atoms with Gasteiger partial charge >= 0.3 is 0 Å². The van der Waals surface area contributed by atoms with Gasteiger partial charge in [0.25, 0.3) is 5.56 Å². The standard InChI is InChI=1S/C21H18N4O3S/c26-21-19-18(13-24(20(19)22-14-23-21)16-5-2-1-3-6-16)15-7-9-17(10-8-15)25-11-4-12-29(25,27)28/h1-3,5-10,13-14H,4,11-12H2,(H,22,23,26). The summed E-state index contributed by atoms with van der Waals surface area (Å²) >= 11 is 0. The number of nitrogens with zero attached hydrogens (tertiary/aromatic N) is 3. The van der Waals surface area contributed by atoms with Gasteiger partial charge in [0.1, 0.15) is 0 Å². The van der Waals surface area contributed by atoms with Crippen LogP contribution in [0.3, 0.4) is 0 Å². The Morgan fingerprint density at radius 2 is 1.72 bits per heavy atom. The van der Waals surface area contributed by atoms with Crippen molar-refractivity contribution in [2.24, 2.45) is 0 Å². The van der Waals surface area contributed by atoms with Crippen molar-refractivity contribution in [2.45, 2.75) is 6.42 Å². The topological polar surface area (TPSA) is 88.1 Å². The van der Waals surface area contributed by atoms with Crippen molar-refractivity contribution in [1.29, 1.82) is 0 Å². The molecular formula is C21H18N4O3S. The summed E-state index contributed by atoms with van der Waals surface area (Å²) in [5.74, 6) is 0.181. The van der Waals surface area contributed by atoms with Crippen LogP contribution in [0.4, 0.5) is 5.69 Å². The lowest BCUT2D eigenvalue weighted by molar-refractivity contribution is 0.599. The van der Waals surface area contributed by atoms with Gasteiger partial charge in [0.2, 0.25) is 10.0 Å². The highest BCUT2D eigenvalue weighted by atomic mass is 32.2. The van der Waals surface area contributed by atoms with Crippen LogP contribution in [0.15, 0.2) is 71.9 Å². The number of H-pyrrole nitrogens is 1. The molecule has 0 aliphatic carbocycles. The molecule has 0 atom stereocenters. The van der Waals surface area contributed by atoms with Crippen molar-refractivity contribution >= 4 is 26.7 Å². The van der Waals surface area contributed by atoms with E-state index in [1.807, 2.05) is 53.2 Å². The van der Waals surface area contributed by atoms with Gasteiger partial charge in [-0.15, -0.1) is 0 Å². The third-order valence-electron chi connectivity index (χ3n) is 5.19. The molecule has 2 aromatic carbocycles. The molecule has 2 aromatic heterocycles. The fourth-order valence-electron chi connectivity index (χ4n) is 3.81. The van der Waals surface area contributed by atoms with Crippen LogP contribution in [0, 0.1) is 0 Å². The second kappa shape index (κ2) is 6.59. The van der Waals surface area contributed by atoms with E-state index in [1.165, 1.54) is 10.6 Å². The summed E-state index contributed by atoms with van der Waals surface area (Å²) < 4.78 is 27.7. The number of anilines is 1. The molecule has 146 valence electrons. The second-order valence-corrected chi connectivity index (χ2v) is 8.98. The lowest BCUT2D eigenvalue weighted by Gasteiger charge is -2.17. The van der Waals surface area contributed by atoms with Crippen molar-refractivity contribution < 1.29 is 8.42 Å². The summed E-state index contributed by atoms with van der Waals surface area (Å²) in [6.07, 6.45) is 3.93. The maximum absolute atomic E-state index is 12.6. The summed E-state index contributed by atoms with van der Waals surface area (Å²) in [4.78, 5) is 19.6. The zero-order valence-electron chi connectivity index (χ0n) is 15.4. The minimum Gasteiger partial charge on any atom is -0.312 e. The highest BCUT2D eigenvalue weighted by Crippen LogP contribution is 2.32. The molecule has 0 unspecified atom stereocenters. The number of sulfonamides is 1. The van der Waals surface area contributed by atoms with Gasteiger partial charge in [-0.3, -0.25) is 9.10 Å². The van der Waals surface area contributed by atoms with E-state index in [9.17, 15) is 13.2 Å². The van der Waals surface area contributed by atoms with E-state index >= 15 is 0 Å². The fourth-order valence-corrected chi connectivity index (χ4v) is 5.38. The van der Waals surface area contributed by atoms with Gasteiger partial charge in [-0.2, -0.15) is 0 Å². The van der Waals surface area contributed by atoms with Crippen molar-refractivity contribution in [3.05, 3.63) is 77.5 Å². The van der Waals surface area contributed by atoms with Gasteiger partial charge in [0, 0.05) is 24.0 Å². The van der Waals surface area contributed by atoms with Gasteiger partial charge in [-0.1, -0.05) is 30.3 Å². The molecular weight excluding hydrogens is 388 g/mol. The van der Waals surface area contributed by atoms with Crippen LogP contribution < -0.4 is 9.86 Å². The predicted molar refractivity (Wildman–Crippen MR) is 113 cm³/mol. The lowest BCUT2D eigenvalue weighted by atomic mass is 10.1. The van der Waals surface area contributed by atoms with Crippen LogP contribution in [0.25, 0.3) is 27.8 Å². The van der Waals surface area contributed by atoms with Crippen molar-refractivity contribution in [3.8, 4) is 16.8 Å². The van der Waals surface area contributed by atoms with Gasteiger partial charge in [0.15, 0.2) is 5.65 Å². The smallest absolute Gasteiger partial charge is 0.260 e. The third kappa shape index (κ3) is 2.92. The van der Waals surface area contributed by atoms with Crippen LogP contribution in [-0.4, -0.2) is 35.3 Å². The second-order valence-electron chi connectivity index (χ2n) is 6.97. The van der Waals surface area contributed by atoms with Crippen molar-refractivity contribution in [1.82, 2.24) is 14.5 Å². The number of rotatable bonds is 3. The number of hydrogen-bond donors (Lipinski definition) is 1. The van der Waals surface area contributed by atoms with E-state index in [1.54, 1.807) is 12.1 Å². The van der Waals surface area contributed by atoms with E-state index in [4.69, 9.17) is 0 Å². The average molecular weight is 406 g/mol. The van der Waals surface area contributed by atoms with E-state index in [0.29, 0.717) is 29.7 Å². The van der Waals surface area contributed by atoms with Crippen LogP contribution in [0.1, 0.15) is 6.42 Å². The number of fused-ring (bicyclic) bond motifs is 1. The Labute approximate surface area is 167 Å². The van der Waals surface area contributed by atoms with Gasteiger partial charge in [-0.25, -0.2) is 13.4 Å². The Bertz CT molecular complexity index is 1360. The summed E-state index contributed by atoms with van der Waals surface area (Å²) in [6, 6.07) is 17.0. The Hall–Kier alpha value is -3.39. The Morgan fingerprint density at radius 3 is 2.41 bits per heavy atom. The van der Waals surface area contributed by atoms with Crippen LogP contribution in [0.5, 0.6) is 0 Å². The molecule has 7 nitrogen and oxygen atoms in total. The first-order valence-electron chi connectivity index (χ1n) is 9.30. The first kappa shape index (κ1) is 17.7. The molecule has 8 heteroatoms. The maximum Gasteiger partial charge on any atom is 0.260 e. The number of benzene rings is 2. The van der Waals surface area contributed by atoms with E-state index < -0.39 is 10.0 Å². The largest absolute Gasteiger partial charge is 0.312 e. The zero-order valence-corrected chi connectivity index (χ0v) is 16.3. The first-order valence-corrected chi connectivity index (χ1v) is 10.9. The van der Waals surface area contributed by atoms with E-state index in [0.717, 1.165) is 16.8 Å². The minimum atomic E-state index is -3.23. The number of nitrogens with one attached hydrogen (secondary N) is 1. The van der Waals surface area contributed by atoms with Gasteiger partial charge in [-0.05, 0) is 36.2 Å². The molecule has 0 radical (unpaired) electrons. The van der Waals surface area contributed by atoms with Crippen LogP contribution in [-0.2, 0) is 10.0 Å². The van der Waals surface area contributed by atoms with E-state index in [-0.39, 0.29) is 11.3 Å². The molecule has 1 N–H and O–H groups in total. The molecule has 1 saturated heterocycles. The summed E-state index contributed by atoms with van der Waals surface area (Å²) in [5, 5.41) is 0.498. The highest BCUT2D eigenvalue weighted by Gasteiger charge is 2.28. The average Bonchev–Trinajstić information content (AvgIpc) is 3.30. The highest BCUT2D eigenvalue weighted by molar-refractivity contribution is 7.93. The normalized spacial score (nSPS) is 15.8. The van der Waals surface area contributed by atoms with Gasteiger partial charge < -0.3 is 9.55 Å². The number of aromatic amines is 1. The molecule has 0 saturated carbocycles. The lowest BCUT2D eigenvalue weighted by Crippen LogP contribution is -2.24.